The molecule has 0 saturated heterocycles. The summed E-state index contributed by atoms with van der Waals surface area (Å²) >= 11 is 0. The Morgan fingerprint density at radius 1 is 1.16 bits per heavy atom. The van der Waals surface area contributed by atoms with E-state index in [-0.39, 0.29) is 11.8 Å². The minimum atomic E-state index is -0.764. The van der Waals surface area contributed by atoms with Gasteiger partial charge in [0, 0.05) is 5.92 Å². The minimum absolute atomic E-state index is 0.108. The molecule has 0 spiro atoms. The fourth-order valence-corrected chi connectivity index (χ4v) is 4.91. The molecule has 5 atom stereocenters. The molecule has 5 heteroatoms. The van der Waals surface area contributed by atoms with Crippen LogP contribution in [0.4, 0.5) is 0 Å². The van der Waals surface area contributed by atoms with Crippen molar-refractivity contribution in [1.82, 2.24) is 0 Å². The first kappa shape index (κ1) is 33.4. The fourth-order valence-electron chi connectivity index (χ4n) is 4.91. The molecule has 5 unspecified atom stereocenters. The van der Waals surface area contributed by atoms with Gasteiger partial charge in [-0.2, -0.15) is 0 Å². The van der Waals surface area contributed by atoms with Crippen LogP contribution in [0.15, 0.2) is 34.6 Å². The van der Waals surface area contributed by atoms with Crippen LogP contribution in [0.5, 0.6) is 0 Å². The molecule has 0 aromatic carbocycles. The third-order valence-electron chi connectivity index (χ3n) is 8.09. The molecule has 0 aliphatic heterocycles. The fraction of sp³-hybridized carbons (Fsp3) is 0.781. The van der Waals surface area contributed by atoms with E-state index in [2.05, 4.69) is 40.7 Å². The lowest BCUT2D eigenvalue weighted by atomic mass is 9.84. The Hall–Kier alpha value is -1.59. The molecule has 0 heterocycles. The Kier molecular flexibility index (Phi) is 15.4. The average Bonchev–Trinajstić information content (AvgIpc) is 2.82. The van der Waals surface area contributed by atoms with Gasteiger partial charge in [-0.25, -0.2) is 0 Å². The molecule has 0 bridgehead atoms. The Bertz CT molecular complexity index is 776. The van der Waals surface area contributed by atoms with E-state index in [1.54, 1.807) is 6.92 Å². The number of aliphatic hydroxyl groups excluding tert-OH is 1. The van der Waals surface area contributed by atoms with Crippen LogP contribution in [-0.2, 0) is 9.53 Å². The lowest BCUT2D eigenvalue weighted by molar-refractivity contribution is -0.141. The van der Waals surface area contributed by atoms with Crippen molar-refractivity contribution in [3.8, 4) is 0 Å². The summed E-state index contributed by atoms with van der Waals surface area (Å²) in [6.45, 7) is 15.2. The predicted octanol–water partition coefficient (Wildman–Crippen LogP) is 7.97. The van der Waals surface area contributed by atoms with E-state index < -0.39 is 17.7 Å². The molecule has 0 amide bonds. The normalized spacial score (nSPS) is 21.9. The van der Waals surface area contributed by atoms with Crippen molar-refractivity contribution in [2.24, 2.45) is 17.8 Å². The summed E-state index contributed by atoms with van der Waals surface area (Å²) in [6.07, 6.45) is 15.0. The lowest BCUT2D eigenvalue weighted by Gasteiger charge is -2.29. The Labute approximate surface area is 227 Å². The Morgan fingerprint density at radius 3 is 2.51 bits per heavy atom. The number of carboxylic acids is 1. The number of carboxylic acid groups (broad SMARTS) is 1. The van der Waals surface area contributed by atoms with Crippen LogP contribution in [0.2, 0.25) is 0 Å². The summed E-state index contributed by atoms with van der Waals surface area (Å²) in [7, 11) is 0. The predicted molar refractivity (Wildman–Crippen MR) is 153 cm³/mol. The van der Waals surface area contributed by atoms with E-state index in [4.69, 9.17) is 9.84 Å². The van der Waals surface area contributed by atoms with Gasteiger partial charge in [-0.1, -0.05) is 52.2 Å². The van der Waals surface area contributed by atoms with Gasteiger partial charge in [0.2, 0.25) is 0 Å². The summed E-state index contributed by atoms with van der Waals surface area (Å²) in [4.78, 5) is 10.9. The Balaban J connectivity index is 2.39. The average molecular weight is 521 g/mol. The third kappa shape index (κ3) is 13.2. The maximum Gasteiger partial charge on any atom is 0.306 e. The van der Waals surface area contributed by atoms with E-state index in [1.807, 2.05) is 13.0 Å². The molecule has 214 valence electrons. The second-order valence-corrected chi connectivity index (χ2v) is 11.9. The van der Waals surface area contributed by atoms with E-state index in [0.29, 0.717) is 25.2 Å². The number of carbonyl (C=O) groups is 1. The van der Waals surface area contributed by atoms with Crippen molar-refractivity contribution in [2.45, 2.75) is 137 Å². The molecule has 0 fully saturated rings. The highest BCUT2D eigenvalue weighted by molar-refractivity contribution is 5.69. The highest BCUT2D eigenvalue weighted by Crippen LogP contribution is 2.34. The van der Waals surface area contributed by atoms with Crippen LogP contribution in [0.3, 0.4) is 0 Å². The molecular formula is C32H56O5. The van der Waals surface area contributed by atoms with Gasteiger partial charge in [-0.3, -0.25) is 4.79 Å². The van der Waals surface area contributed by atoms with Crippen LogP contribution >= 0.6 is 0 Å². The van der Waals surface area contributed by atoms with Crippen molar-refractivity contribution in [2.75, 3.05) is 6.61 Å². The number of hydrogen-bond acceptors (Lipinski definition) is 4. The van der Waals surface area contributed by atoms with Gasteiger partial charge >= 0.3 is 5.97 Å². The second-order valence-electron chi connectivity index (χ2n) is 11.9. The molecule has 0 saturated carbocycles. The summed E-state index contributed by atoms with van der Waals surface area (Å²) in [5, 5.41) is 30.1. The number of allylic oxidation sites excluding steroid dienone is 3. The molecule has 1 rings (SSSR count). The standard InChI is InChI=1S/C32H56O5/c1-8-9-21-37-30-27(6)26(5)29(33)22-28(30)18-17-24(3)14-10-13-23(2)15-11-19-32(7,36)20-12-16-25(4)31(34)35/h15,22,24-26,29,33,36H,8-14,16-21H2,1-7H3,(H,34,35)/b23-15+. The summed E-state index contributed by atoms with van der Waals surface area (Å²) in [5.41, 5.74) is 2.98. The highest BCUT2D eigenvalue weighted by Gasteiger charge is 2.26. The number of rotatable bonds is 19. The minimum Gasteiger partial charge on any atom is -0.493 e. The van der Waals surface area contributed by atoms with Gasteiger partial charge in [0.25, 0.3) is 0 Å². The van der Waals surface area contributed by atoms with Gasteiger partial charge in [0.15, 0.2) is 0 Å². The van der Waals surface area contributed by atoms with Crippen molar-refractivity contribution in [3.05, 3.63) is 34.6 Å². The number of hydrogen-bond donors (Lipinski definition) is 3. The van der Waals surface area contributed by atoms with E-state index >= 15 is 0 Å². The van der Waals surface area contributed by atoms with Crippen molar-refractivity contribution < 1.29 is 24.9 Å². The largest absolute Gasteiger partial charge is 0.493 e. The van der Waals surface area contributed by atoms with E-state index in [1.165, 1.54) is 23.1 Å². The first-order valence-electron chi connectivity index (χ1n) is 14.7. The maximum atomic E-state index is 10.9. The number of unbranched alkanes of at least 4 members (excludes halogenated alkanes) is 1. The zero-order valence-electron chi connectivity index (χ0n) is 24.8. The summed E-state index contributed by atoms with van der Waals surface area (Å²) in [6, 6.07) is 0. The van der Waals surface area contributed by atoms with Crippen LogP contribution in [0.1, 0.15) is 126 Å². The monoisotopic (exact) mass is 520 g/mol. The first-order valence-corrected chi connectivity index (χ1v) is 14.7. The van der Waals surface area contributed by atoms with Gasteiger partial charge in [-0.05, 0) is 108 Å². The zero-order valence-corrected chi connectivity index (χ0v) is 24.8. The quantitative estimate of drug-likeness (QED) is 0.119. The second kappa shape index (κ2) is 17.1. The highest BCUT2D eigenvalue weighted by atomic mass is 16.5. The number of ether oxygens (including phenoxy) is 1. The number of aliphatic carboxylic acids is 1. The molecule has 3 N–H and O–H groups in total. The van der Waals surface area contributed by atoms with Gasteiger partial charge < -0.3 is 20.1 Å². The van der Waals surface area contributed by atoms with Gasteiger partial charge in [0.1, 0.15) is 5.76 Å². The van der Waals surface area contributed by atoms with Gasteiger partial charge in [0.05, 0.1) is 24.2 Å². The summed E-state index contributed by atoms with van der Waals surface area (Å²) in [5.74, 6) is 0.620. The van der Waals surface area contributed by atoms with Crippen LogP contribution < -0.4 is 0 Å². The van der Waals surface area contributed by atoms with E-state index in [9.17, 15) is 15.0 Å². The van der Waals surface area contributed by atoms with Crippen LogP contribution in [-0.4, -0.2) is 39.6 Å². The van der Waals surface area contributed by atoms with Crippen LogP contribution in [0, 0.1) is 17.8 Å². The molecule has 0 aromatic heterocycles. The van der Waals surface area contributed by atoms with Crippen molar-refractivity contribution >= 4 is 5.97 Å². The molecule has 1 aliphatic rings. The van der Waals surface area contributed by atoms with Crippen LogP contribution in [0.25, 0.3) is 0 Å². The molecule has 5 nitrogen and oxygen atoms in total. The topological polar surface area (TPSA) is 87.0 Å². The van der Waals surface area contributed by atoms with E-state index in [0.717, 1.165) is 63.7 Å². The first-order chi connectivity index (χ1) is 17.4. The maximum absolute atomic E-state index is 10.9. The Morgan fingerprint density at radius 2 is 1.86 bits per heavy atom. The molecular weight excluding hydrogens is 464 g/mol. The zero-order chi connectivity index (χ0) is 28.0. The van der Waals surface area contributed by atoms with Crippen molar-refractivity contribution in [1.29, 1.82) is 0 Å². The molecule has 0 aromatic rings. The molecule has 1 aliphatic carbocycles. The molecule has 37 heavy (non-hydrogen) atoms. The SMILES string of the molecule is CCCCOC1=C(C)C(C)C(O)C=C1CCC(C)CCC/C(C)=C/CCC(C)(O)CCCC(C)C(=O)O. The third-order valence-corrected chi connectivity index (χ3v) is 8.09. The smallest absolute Gasteiger partial charge is 0.306 e. The molecule has 0 radical (unpaired) electrons. The van der Waals surface area contributed by atoms with Gasteiger partial charge in [-0.15, -0.1) is 0 Å². The van der Waals surface area contributed by atoms with Crippen molar-refractivity contribution in [3.63, 3.8) is 0 Å². The number of aliphatic hydroxyl groups is 2. The lowest BCUT2D eigenvalue weighted by Crippen LogP contribution is -2.24. The summed E-state index contributed by atoms with van der Waals surface area (Å²) < 4.78 is 6.17.